The van der Waals surface area contributed by atoms with E-state index in [9.17, 15) is 43.2 Å². The molecule has 0 aliphatic carbocycles. The smallest absolute Gasteiger partial charge is 0.462 e. The summed E-state index contributed by atoms with van der Waals surface area (Å²) in [5.74, 6) is -0.444. The number of rotatable bonds is 81. The van der Waals surface area contributed by atoms with Crippen LogP contribution < -0.4 is 0 Å². The van der Waals surface area contributed by atoms with Crippen LogP contribution in [0, 0.1) is 11.8 Å². The highest BCUT2D eigenvalue weighted by molar-refractivity contribution is 7.47. The number of phosphoric acid groups is 2. The molecule has 0 heterocycles. The second kappa shape index (κ2) is 73.6. The van der Waals surface area contributed by atoms with E-state index in [1.54, 1.807) is 0 Å². The maximum Gasteiger partial charge on any atom is 0.472 e. The van der Waals surface area contributed by atoms with Gasteiger partial charge < -0.3 is 33.8 Å². The van der Waals surface area contributed by atoms with Crippen molar-refractivity contribution in [2.75, 3.05) is 39.6 Å². The quantitative estimate of drug-likeness (QED) is 0.0222. The van der Waals surface area contributed by atoms with E-state index < -0.39 is 97.5 Å². The third kappa shape index (κ3) is 74.7. The Bertz CT molecular complexity index is 1940. The molecule has 0 aromatic rings. The largest absolute Gasteiger partial charge is 0.472 e. The molecule has 3 unspecified atom stereocenters. The van der Waals surface area contributed by atoms with Crippen LogP contribution in [0.25, 0.3) is 0 Å². The Morgan fingerprint density at radius 1 is 0.287 bits per heavy atom. The number of carbonyl (C=O) groups excluding carboxylic acids is 4. The summed E-state index contributed by atoms with van der Waals surface area (Å²) in [6.45, 7) is 9.72. The number of unbranched alkanes of at least 4 members (excludes halogenated alkanes) is 50. The molecule has 0 bridgehead atoms. The first-order chi connectivity index (χ1) is 48.9. The van der Waals surface area contributed by atoms with Gasteiger partial charge in [-0.3, -0.25) is 37.3 Å². The molecule has 600 valence electrons. The standard InChI is InChI=1S/C82H160O17P2/c1-7-10-12-14-16-18-20-35-42-48-54-60-66-81(86)98-77(70-92-79(84)64-58-52-46-40-32-19-17-15-13-11-8-2)72-96-100(88,89)94-68-76(83)69-95-101(90,91)97-73-78(71-93-80(85)65-59-53-47-41-36-31-27-28-33-38-44-50-56-62-74(4)5)99-82(87)67-61-55-49-43-37-30-26-24-22-21-23-25-29-34-39-45-51-57-63-75(6)9-3/h74-78,83H,7-73H2,1-6H3,(H,88,89)(H,90,91)/t75?,76-,77+,78+/m0/s1. The van der Waals surface area contributed by atoms with Crippen molar-refractivity contribution in [2.45, 2.75) is 452 Å². The first-order valence-corrected chi connectivity index (χ1v) is 45.5. The summed E-state index contributed by atoms with van der Waals surface area (Å²) >= 11 is 0. The van der Waals surface area contributed by atoms with Crippen LogP contribution in [-0.2, 0) is 65.4 Å². The fourth-order valence-corrected chi connectivity index (χ4v) is 14.3. The molecule has 0 saturated heterocycles. The van der Waals surface area contributed by atoms with Crippen LogP contribution in [0.2, 0.25) is 0 Å². The third-order valence-electron chi connectivity index (χ3n) is 19.6. The van der Waals surface area contributed by atoms with E-state index in [2.05, 4.69) is 41.5 Å². The first-order valence-electron chi connectivity index (χ1n) is 42.5. The molecular formula is C82H160O17P2. The number of aliphatic hydroxyl groups is 1. The topological polar surface area (TPSA) is 237 Å². The molecule has 0 aliphatic rings. The molecule has 17 nitrogen and oxygen atoms in total. The molecule has 0 radical (unpaired) electrons. The van der Waals surface area contributed by atoms with Crippen LogP contribution >= 0.6 is 15.6 Å². The highest BCUT2D eigenvalue weighted by Gasteiger charge is 2.30. The summed E-state index contributed by atoms with van der Waals surface area (Å²) in [6, 6.07) is 0. The minimum absolute atomic E-state index is 0.108. The third-order valence-corrected chi connectivity index (χ3v) is 21.5. The van der Waals surface area contributed by atoms with Gasteiger partial charge in [-0.25, -0.2) is 9.13 Å². The summed E-state index contributed by atoms with van der Waals surface area (Å²) in [4.78, 5) is 73.0. The lowest BCUT2D eigenvalue weighted by Crippen LogP contribution is -2.30. The number of hydrogen-bond donors (Lipinski definition) is 3. The molecule has 0 saturated carbocycles. The Morgan fingerprint density at radius 2 is 0.505 bits per heavy atom. The van der Waals surface area contributed by atoms with Gasteiger partial charge >= 0.3 is 39.5 Å². The molecule has 0 spiro atoms. The fraction of sp³-hybridized carbons (Fsp3) is 0.951. The average molecular weight is 1480 g/mol. The van der Waals surface area contributed by atoms with E-state index in [1.165, 1.54) is 250 Å². The maximum atomic E-state index is 13.1. The zero-order valence-corrected chi connectivity index (χ0v) is 68.0. The minimum Gasteiger partial charge on any atom is -0.462 e. The molecule has 0 amide bonds. The number of hydrogen-bond acceptors (Lipinski definition) is 15. The Kier molecular flexibility index (Phi) is 72.2. The van der Waals surface area contributed by atoms with Crippen LogP contribution in [0.5, 0.6) is 0 Å². The van der Waals surface area contributed by atoms with E-state index in [0.717, 1.165) is 102 Å². The molecule has 19 heteroatoms. The Labute approximate surface area is 619 Å². The minimum atomic E-state index is -4.96. The van der Waals surface area contributed by atoms with Gasteiger partial charge in [-0.2, -0.15) is 0 Å². The first kappa shape index (κ1) is 99.1. The van der Waals surface area contributed by atoms with Crippen molar-refractivity contribution in [1.29, 1.82) is 0 Å². The zero-order valence-electron chi connectivity index (χ0n) is 66.2. The molecule has 0 aromatic carbocycles. The van der Waals surface area contributed by atoms with Crippen molar-refractivity contribution < 1.29 is 80.2 Å². The normalized spacial score (nSPS) is 14.2. The number of carbonyl (C=O) groups is 4. The summed E-state index contributed by atoms with van der Waals surface area (Å²) in [5, 5.41) is 10.6. The summed E-state index contributed by atoms with van der Waals surface area (Å²) in [7, 11) is -9.92. The van der Waals surface area contributed by atoms with E-state index in [1.807, 2.05) is 0 Å². The number of aliphatic hydroxyl groups excluding tert-OH is 1. The molecule has 3 N–H and O–H groups in total. The number of esters is 4. The Balaban J connectivity index is 5.21. The molecule has 0 aromatic heterocycles. The second-order valence-electron chi connectivity index (χ2n) is 30.2. The van der Waals surface area contributed by atoms with Gasteiger partial charge in [0.1, 0.15) is 19.3 Å². The summed E-state index contributed by atoms with van der Waals surface area (Å²) in [6.07, 6.45) is 63.7. The number of phosphoric ester groups is 2. The predicted octanol–water partition coefficient (Wildman–Crippen LogP) is 24.7. The zero-order chi connectivity index (χ0) is 74.2. The van der Waals surface area contributed by atoms with Crippen molar-refractivity contribution in [3.05, 3.63) is 0 Å². The monoisotopic (exact) mass is 1480 g/mol. The lowest BCUT2D eigenvalue weighted by Gasteiger charge is -2.21. The highest BCUT2D eigenvalue weighted by Crippen LogP contribution is 2.45. The van der Waals surface area contributed by atoms with Crippen molar-refractivity contribution in [3.8, 4) is 0 Å². The molecule has 0 aliphatic heterocycles. The van der Waals surface area contributed by atoms with Crippen LogP contribution in [0.1, 0.15) is 433 Å². The lowest BCUT2D eigenvalue weighted by atomic mass is 9.99. The van der Waals surface area contributed by atoms with Crippen molar-refractivity contribution in [3.63, 3.8) is 0 Å². The van der Waals surface area contributed by atoms with Gasteiger partial charge in [0.15, 0.2) is 12.2 Å². The van der Waals surface area contributed by atoms with E-state index in [0.29, 0.717) is 25.7 Å². The van der Waals surface area contributed by atoms with Crippen LogP contribution in [0.3, 0.4) is 0 Å². The van der Waals surface area contributed by atoms with E-state index in [4.69, 9.17) is 37.0 Å². The van der Waals surface area contributed by atoms with Crippen molar-refractivity contribution in [1.82, 2.24) is 0 Å². The van der Waals surface area contributed by atoms with Crippen LogP contribution in [0.15, 0.2) is 0 Å². The maximum absolute atomic E-state index is 13.1. The van der Waals surface area contributed by atoms with Gasteiger partial charge in [0.25, 0.3) is 0 Å². The molecule has 101 heavy (non-hydrogen) atoms. The second-order valence-corrected chi connectivity index (χ2v) is 33.1. The van der Waals surface area contributed by atoms with Gasteiger partial charge in [0.05, 0.1) is 26.4 Å². The molecule has 0 rings (SSSR count). The van der Waals surface area contributed by atoms with Gasteiger partial charge in [0.2, 0.25) is 0 Å². The average Bonchev–Trinajstić information content (AvgIpc) is 1.09. The van der Waals surface area contributed by atoms with E-state index >= 15 is 0 Å². The molecular weight excluding hydrogens is 1320 g/mol. The van der Waals surface area contributed by atoms with Crippen molar-refractivity contribution >= 4 is 39.5 Å². The van der Waals surface area contributed by atoms with E-state index in [-0.39, 0.29) is 25.7 Å². The van der Waals surface area contributed by atoms with Crippen LogP contribution in [-0.4, -0.2) is 96.7 Å². The van der Waals surface area contributed by atoms with Gasteiger partial charge in [-0.1, -0.05) is 382 Å². The van der Waals surface area contributed by atoms with Gasteiger partial charge in [-0.05, 0) is 37.5 Å². The highest BCUT2D eigenvalue weighted by atomic mass is 31.2. The lowest BCUT2D eigenvalue weighted by molar-refractivity contribution is -0.161. The fourth-order valence-electron chi connectivity index (χ4n) is 12.7. The summed E-state index contributed by atoms with van der Waals surface area (Å²) < 4.78 is 68.7. The number of ether oxygens (including phenoxy) is 4. The summed E-state index contributed by atoms with van der Waals surface area (Å²) in [5.41, 5.74) is 0. The predicted molar refractivity (Wildman–Crippen MR) is 414 cm³/mol. The SMILES string of the molecule is CCCCCCCCCCCCCCC(=O)O[C@H](COC(=O)CCCCCCCCCCCCC)COP(=O)(O)OC[C@H](O)COP(=O)(O)OC[C@@H](COC(=O)CCCCCCCCCCCCCCCC(C)C)OC(=O)CCCCCCCCCCCCCCCCCCCCC(C)CC. The Morgan fingerprint density at radius 3 is 0.752 bits per heavy atom. The van der Waals surface area contributed by atoms with Crippen molar-refractivity contribution in [2.24, 2.45) is 11.8 Å². The molecule has 6 atom stereocenters. The van der Waals surface area contributed by atoms with Gasteiger partial charge in [0, 0.05) is 25.7 Å². The van der Waals surface area contributed by atoms with Gasteiger partial charge in [-0.15, -0.1) is 0 Å². The van der Waals surface area contributed by atoms with Crippen LogP contribution in [0.4, 0.5) is 0 Å². The molecule has 0 fully saturated rings. The Hall–Kier alpha value is -1.94.